The van der Waals surface area contributed by atoms with Crippen LogP contribution in [0.1, 0.15) is 25.7 Å². The van der Waals surface area contributed by atoms with Gasteiger partial charge in [0.15, 0.2) is 13.1 Å². The molecule has 0 fully saturated rings. The first-order valence-corrected chi connectivity index (χ1v) is 11.2. The highest BCUT2D eigenvalue weighted by molar-refractivity contribution is 5.87. The quantitative estimate of drug-likeness (QED) is 0.0821. The van der Waals surface area contributed by atoms with E-state index in [1.807, 2.05) is 42.3 Å². The summed E-state index contributed by atoms with van der Waals surface area (Å²) >= 11 is 0. The fourth-order valence-electron chi connectivity index (χ4n) is 2.23. The zero-order valence-electron chi connectivity index (χ0n) is 24.3. The van der Waals surface area contributed by atoms with E-state index in [1.54, 1.807) is 0 Å². The smallest absolute Gasteiger partial charge is 0.359 e. The lowest BCUT2D eigenvalue weighted by Crippen LogP contribution is -2.51. The number of carboxylic acids is 8. The molecule has 0 aromatic heterocycles. The number of nitrogens with zero attached hydrogens (tertiary/aromatic N) is 2. The molecule has 0 spiro atoms. The topological polar surface area (TPSA) is 376 Å². The third-order valence-electron chi connectivity index (χ3n) is 3.75. The number of carbonyl (C=O) groups is 8. The molecule has 10 N–H and O–H groups in total. The van der Waals surface area contributed by atoms with E-state index < -0.39 is 84.6 Å². The van der Waals surface area contributed by atoms with Gasteiger partial charge >= 0.3 is 35.8 Å². The molecule has 0 aliphatic heterocycles. The normalized spacial score (nSPS) is 10.8. The van der Waals surface area contributed by atoms with Crippen LogP contribution in [0, 0.1) is 0 Å². The van der Waals surface area contributed by atoms with Crippen molar-refractivity contribution in [3.8, 4) is 0 Å². The number of aliphatic carboxylic acids is 8. The van der Waals surface area contributed by atoms with E-state index in [-0.39, 0.29) is 18.6 Å². The molecule has 0 aliphatic rings. The molecule has 0 bridgehead atoms. The van der Waals surface area contributed by atoms with E-state index in [2.05, 4.69) is 0 Å². The van der Waals surface area contributed by atoms with Crippen molar-refractivity contribution >= 4 is 47.8 Å². The number of hydrogen-bond donors (Lipinski definition) is 8. The van der Waals surface area contributed by atoms with Crippen LogP contribution in [-0.2, 0) is 38.4 Å². The Morgan fingerprint density at radius 1 is 0.465 bits per heavy atom. The SMILES string of the molecule is C[N+](C)(C)CC(=O)O.C[N+](C)(C)CC(=O)O.O.O=C(O)CC(O)(CC(=O)O)C(=O)[O-].O=C(O)CC(O)(CC(=O)O)C(=O)[O-]. The first-order valence-electron chi connectivity index (χ1n) is 11.2. The molecule has 0 aromatic rings. The lowest BCUT2D eigenvalue weighted by Gasteiger charge is -2.25. The fraction of sp³-hybridized carbons (Fsp3) is 0.636. The zero-order valence-corrected chi connectivity index (χ0v) is 24.3. The first kappa shape index (κ1) is 48.3. The zero-order chi connectivity index (χ0) is 34.9. The fourth-order valence-corrected chi connectivity index (χ4v) is 2.23. The summed E-state index contributed by atoms with van der Waals surface area (Å²) in [6, 6.07) is 0. The number of aliphatic hydroxyl groups is 2. The van der Waals surface area contributed by atoms with Crippen molar-refractivity contribution in [2.75, 3.05) is 55.4 Å². The summed E-state index contributed by atoms with van der Waals surface area (Å²) in [5, 5.41) is 87.6. The lowest BCUT2D eigenvalue weighted by molar-refractivity contribution is -0.862. The van der Waals surface area contributed by atoms with Crippen molar-refractivity contribution in [2.45, 2.75) is 36.9 Å². The van der Waals surface area contributed by atoms with Gasteiger partial charge in [0.25, 0.3) is 0 Å². The van der Waals surface area contributed by atoms with Gasteiger partial charge in [-0.3, -0.25) is 19.2 Å². The number of carboxylic acid groups (broad SMARTS) is 8. The monoisotopic (exact) mass is 636 g/mol. The van der Waals surface area contributed by atoms with E-state index in [9.17, 15) is 48.6 Å². The van der Waals surface area contributed by atoms with Gasteiger partial charge in [-0.25, -0.2) is 9.59 Å². The van der Waals surface area contributed by atoms with Gasteiger partial charge in [-0.05, 0) is 0 Å². The summed E-state index contributed by atoms with van der Waals surface area (Å²) < 4.78 is 0.963. The summed E-state index contributed by atoms with van der Waals surface area (Å²) in [6.07, 6.45) is -4.83. The highest BCUT2D eigenvalue weighted by Gasteiger charge is 2.35. The molecule has 0 aromatic carbocycles. The maximum atomic E-state index is 10.2. The number of rotatable bonds is 14. The minimum absolute atomic E-state index is 0. The second-order valence-corrected chi connectivity index (χ2v) is 10.6. The predicted octanol–water partition coefficient (Wildman–Crippen LogP) is -6.44. The molecule has 43 heavy (non-hydrogen) atoms. The van der Waals surface area contributed by atoms with Crippen molar-refractivity contribution < 1.29 is 104 Å². The number of carbonyl (C=O) groups excluding carboxylic acids is 2. The molecule has 21 heteroatoms. The Labute approximate surface area is 244 Å². The molecule has 0 heterocycles. The van der Waals surface area contributed by atoms with Crippen LogP contribution in [0.15, 0.2) is 0 Å². The summed E-state index contributed by atoms with van der Waals surface area (Å²) in [6.45, 7) is 0.361. The van der Waals surface area contributed by atoms with Crippen LogP contribution < -0.4 is 10.2 Å². The summed E-state index contributed by atoms with van der Waals surface area (Å²) in [7, 11) is 11.0. The molecule has 21 nitrogen and oxygen atoms in total. The Kier molecular flexibility index (Phi) is 23.0. The number of quaternary nitrogens is 2. The van der Waals surface area contributed by atoms with E-state index in [0.29, 0.717) is 8.97 Å². The van der Waals surface area contributed by atoms with E-state index in [1.165, 1.54) is 0 Å². The molecule has 0 radical (unpaired) electrons. The van der Waals surface area contributed by atoms with Crippen LogP contribution in [0.25, 0.3) is 0 Å². The van der Waals surface area contributed by atoms with Crippen LogP contribution in [0.3, 0.4) is 0 Å². The molecule has 252 valence electrons. The third-order valence-corrected chi connectivity index (χ3v) is 3.75. The minimum Gasteiger partial charge on any atom is -0.547 e. The van der Waals surface area contributed by atoms with Gasteiger partial charge in [0.1, 0.15) is 11.2 Å². The van der Waals surface area contributed by atoms with Crippen molar-refractivity contribution in [1.29, 1.82) is 0 Å². The Morgan fingerprint density at radius 3 is 0.674 bits per heavy atom. The van der Waals surface area contributed by atoms with Crippen LogP contribution in [0.2, 0.25) is 0 Å². The van der Waals surface area contributed by atoms with Crippen LogP contribution in [0.4, 0.5) is 0 Å². The summed E-state index contributed by atoms with van der Waals surface area (Å²) in [5.74, 6) is -12.2. The van der Waals surface area contributed by atoms with Gasteiger partial charge in [0, 0.05) is 0 Å². The van der Waals surface area contributed by atoms with Crippen LogP contribution >= 0.6 is 0 Å². The summed E-state index contributed by atoms with van der Waals surface area (Å²) in [4.78, 5) is 80.6. The number of likely N-dealkylation sites (N-methyl/N-ethyl adjacent to an activating group) is 2. The second kappa shape index (κ2) is 20.4. The van der Waals surface area contributed by atoms with Crippen molar-refractivity contribution in [3.05, 3.63) is 0 Å². The predicted molar refractivity (Wildman–Crippen MR) is 134 cm³/mol. The molecular formula is C22H40N2O19. The van der Waals surface area contributed by atoms with Gasteiger partial charge in [-0.1, -0.05) is 0 Å². The van der Waals surface area contributed by atoms with Gasteiger partial charge in [-0.15, -0.1) is 0 Å². The van der Waals surface area contributed by atoms with E-state index >= 15 is 0 Å². The van der Waals surface area contributed by atoms with Gasteiger partial charge in [0.05, 0.1) is 79.9 Å². The maximum Gasteiger partial charge on any atom is 0.359 e. The molecule has 0 rings (SSSR count). The molecule has 0 amide bonds. The average Bonchev–Trinajstić information content (AvgIpc) is 2.62. The van der Waals surface area contributed by atoms with Crippen molar-refractivity contribution in [3.63, 3.8) is 0 Å². The third kappa shape index (κ3) is 33.7. The van der Waals surface area contributed by atoms with E-state index in [4.69, 9.17) is 40.9 Å². The van der Waals surface area contributed by atoms with Crippen molar-refractivity contribution in [2.24, 2.45) is 0 Å². The molecule has 0 saturated heterocycles. The molecular weight excluding hydrogens is 596 g/mol. The van der Waals surface area contributed by atoms with Crippen LogP contribution in [0.5, 0.6) is 0 Å². The Balaban J connectivity index is -0.000000152. The molecule has 0 aliphatic carbocycles. The van der Waals surface area contributed by atoms with Crippen LogP contribution in [-0.4, -0.2) is 170 Å². The van der Waals surface area contributed by atoms with Gasteiger partial charge < -0.3 is 75.1 Å². The maximum absolute atomic E-state index is 10.2. The Bertz CT molecular complexity index is 868. The highest BCUT2D eigenvalue weighted by atomic mass is 16.4. The highest BCUT2D eigenvalue weighted by Crippen LogP contribution is 2.15. The molecule has 0 saturated carbocycles. The largest absolute Gasteiger partial charge is 0.547 e. The van der Waals surface area contributed by atoms with Crippen molar-refractivity contribution in [1.82, 2.24) is 0 Å². The minimum atomic E-state index is -2.85. The van der Waals surface area contributed by atoms with Gasteiger partial charge in [-0.2, -0.15) is 0 Å². The first-order chi connectivity index (χ1) is 18.4. The molecule has 0 atom stereocenters. The Morgan fingerprint density at radius 2 is 0.628 bits per heavy atom. The standard InChI is InChI=1S/2C6H8O7.2C5H11NO2.H2O/c2*7-3(8)1-6(13,5(11)12)2-4(9)10;2*1-6(2,3)4-5(7)8;/h2*13H,1-2H2,(H,7,8)(H,9,10)(H,11,12);2*4H2,1-3H3;1H2. The summed E-state index contributed by atoms with van der Waals surface area (Å²) in [5.41, 5.74) is -5.70. The number of hydrogen-bond acceptors (Lipinski definition) is 12. The average molecular weight is 637 g/mol. The molecule has 0 unspecified atom stereocenters. The van der Waals surface area contributed by atoms with E-state index in [0.717, 1.165) is 0 Å². The lowest BCUT2D eigenvalue weighted by atomic mass is 9.96. The second-order valence-electron chi connectivity index (χ2n) is 10.6. The van der Waals surface area contributed by atoms with Gasteiger partial charge in [0.2, 0.25) is 0 Å². The Hall–Kier alpha value is -4.44.